The third-order valence-electron chi connectivity index (χ3n) is 3.52. The molecule has 0 aromatic carbocycles. The van der Waals surface area contributed by atoms with Gasteiger partial charge in [0.2, 0.25) is 10.0 Å². The zero-order chi connectivity index (χ0) is 14.6. The predicted octanol–water partition coefficient (Wildman–Crippen LogP) is 1.04. The second-order valence-corrected chi connectivity index (χ2v) is 7.01. The molecule has 0 unspecified atom stereocenters. The molecule has 1 aromatic heterocycles. The number of rotatable bonds is 4. The van der Waals surface area contributed by atoms with E-state index in [1.165, 1.54) is 10.6 Å². The molecule has 7 heteroatoms. The molecule has 20 heavy (non-hydrogen) atoms. The Balaban J connectivity index is 1.80. The van der Waals surface area contributed by atoms with Gasteiger partial charge in [-0.2, -0.15) is 5.26 Å². The van der Waals surface area contributed by atoms with Crippen molar-refractivity contribution >= 4 is 15.7 Å². The van der Waals surface area contributed by atoms with Crippen LogP contribution in [0, 0.1) is 17.2 Å². The van der Waals surface area contributed by atoms with Gasteiger partial charge in [0.15, 0.2) is 0 Å². The minimum atomic E-state index is -3.05. The number of nitrogens with zero attached hydrogens (tertiary/aromatic N) is 3. The minimum Gasteiger partial charge on any atom is -0.384 e. The Morgan fingerprint density at radius 1 is 1.45 bits per heavy atom. The van der Waals surface area contributed by atoms with Gasteiger partial charge in [-0.3, -0.25) is 0 Å². The molecule has 1 aliphatic heterocycles. The van der Waals surface area contributed by atoms with Gasteiger partial charge in [0.25, 0.3) is 0 Å². The normalized spacial score (nSPS) is 17.6. The van der Waals surface area contributed by atoms with E-state index in [9.17, 15) is 8.42 Å². The molecule has 0 bridgehead atoms. The van der Waals surface area contributed by atoms with Crippen LogP contribution < -0.4 is 5.32 Å². The van der Waals surface area contributed by atoms with Crippen LogP contribution in [0.15, 0.2) is 18.3 Å². The Morgan fingerprint density at radius 2 is 2.15 bits per heavy atom. The molecule has 1 aliphatic rings. The summed E-state index contributed by atoms with van der Waals surface area (Å²) < 4.78 is 24.4. The lowest BCUT2D eigenvalue weighted by molar-refractivity contribution is 0.283. The highest BCUT2D eigenvalue weighted by molar-refractivity contribution is 7.88. The molecule has 2 heterocycles. The van der Waals surface area contributed by atoms with Crippen LogP contribution in [0.3, 0.4) is 0 Å². The summed E-state index contributed by atoms with van der Waals surface area (Å²) in [5, 5.41) is 11.9. The number of hydrogen-bond donors (Lipinski definition) is 1. The summed E-state index contributed by atoms with van der Waals surface area (Å²) in [7, 11) is -3.05. The second kappa shape index (κ2) is 6.20. The standard InChI is InChI=1S/C13H18N4O2S/c1-20(18,19)17-6-4-11(5-7-17)9-15-13-3-2-12(8-14)16-10-13/h2-3,10-11,15H,4-7,9H2,1H3. The predicted molar refractivity (Wildman–Crippen MR) is 76.6 cm³/mol. The Bertz CT molecular complexity index is 584. The number of hydrogen-bond acceptors (Lipinski definition) is 5. The van der Waals surface area contributed by atoms with Gasteiger partial charge in [0, 0.05) is 19.6 Å². The summed E-state index contributed by atoms with van der Waals surface area (Å²) in [5.74, 6) is 0.462. The number of nitriles is 1. The Kier molecular flexibility index (Phi) is 4.57. The molecule has 1 saturated heterocycles. The smallest absolute Gasteiger partial charge is 0.211 e. The van der Waals surface area contributed by atoms with Gasteiger partial charge >= 0.3 is 0 Å². The van der Waals surface area contributed by atoms with E-state index in [0.29, 0.717) is 24.7 Å². The van der Waals surface area contributed by atoms with E-state index in [1.807, 2.05) is 12.1 Å². The quantitative estimate of drug-likeness (QED) is 0.896. The maximum atomic E-state index is 11.4. The molecule has 1 N–H and O–H groups in total. The van der Waals surface area contributed by atoms with Crippen LogP contribution in [-0.2, 0) is 10.0 Å². The molecule has 2 rings (SSSR count). The Hall–Kier alpha value is -1.65. The fraction of sp³-hybridized carbons (Fsp3) is 0.538. The highest BCUT2D eigenvalue weighted by Gasteiger charge is 2.24. The summed E-state index contributed by atoms with van der Waals surface area (Å²) in [6.07, 6.45) is 4.63. The lowest BCUT2D eigenvalue weighted by Gasteiger charge is -2.30. The second-order valence-electron chi connectivity index (χ2n) is 5.03. The summed E-state index contributed by atoms with van der Waals surface area (Å²) in [5.41, 5.74) is 1.28. The van der Waals surface area contributed by atoms with Gasteiger partial charge in [-0.25, -0.2) is 17.7 Å². The van der Waals surface area contributed by atoms with E-state index in [4.69, 9.17) is 5.26 Å². The first-order chi connectivity index (χ1) is 9.49. The molecule has 0 saturated carbocycles. The lowest BCUT2D eigenvalue weighted by Crippen LogP contribution is -2.39. The number of pyridine rings is 1. The number of nitrogens with one attached hydrogen (secondary N) is 1. The van der Waals surface area contributed by atoms with E-state index < -0.39 is 10.0 Å². The van der Waals surface area contributed by atoms with Crippen molar-refractivity contribution in [2.45, 2.75) is 12.8 Å². The highest BCUT2D eigenvalue weighted by Crippen LogP contribution is 2.19. The van der Waals surface area contributed by atoms with Crippen molar-refractivity contribution in [2.75, 3.05) is 31.2 Å². The van der Waals surface area contributed by atoms with E-state index in [0.717, 1.165) is 25.1 Å². The zero-order valence-corrected chi connectivity index (χ0v) is 12.2. The van der Waals surface area contributed by atoms with Crippen LogP contribution in [0.2, 0.25) is 0 Å². The van der Waals surface area contributed by atoms with E-state index in [-0.39, 0.29) is 0 Å². The first-order valence-electron chi connectivity index (χ1n) is 6.54. The van der Waals surface area contributed by atoms with Gasteiger partial charge < -0.3 is 5.32 Å². The summed E-state index contributed by atoms with van der Waals surface area (Å²) in [6, 6.07) is 5.48. The van der Waals surface area contributed by atoms with Crippen molar-refractivity contribution in [1.82, 2.24) is 9.29 Å². The molecular formula is C13H18N4O2S. The van der Waals surface area contributed by atoms with Crippen molar-refractivity contribution in [3.8, 4) is 6.07 Å². The van der Waals surface area contributed by atoms with Crippen LogP contribution >= 0.6 is 0 Å². The average molecular weight is 294 g/mol. The average Bonchev–Trinajstić information content (AvgIpc) is 2.45. The van der Waals surface area contributed by atoms with Crippen LogP contribution in [0.4, 0.5) is 5.69 Å². The van der Waals surface area contributed by atoms with E-state index in [1.54, 1.807) is 12.3 Å². The molecule has 108 valence electrons. The highest BCUT2D eigenvalue weighted by atomic mass is 32.2. The van der Waals surface area contributed by atoms with Crippen LogP contribution in [0.5, 0.6) is 0 Å². The van der Waals surface area contributed by atoms with Crippen molar-refractivity contribution in [3.05, 3.63) is 24.0 Å². The van der Waals surface area contributed by atoms with Crippen LogP contribution in [-0.4, -0.2) is 43.6 Å². The first-order valence-corrected chi connectivity index (χ1v) is 8.39. The van der Waals surface area contributed by atoms with Gasteiger partial charge in [0.05, 0.1) is 18.1 Å². The topological polar surface area (TPSA) is 86.1 Å². The molecule has 0 amide bonds. The molecule has 1 aromatic rings. The van der Waals surface area contributed by atoms with Gasteiger partial charge in [-0.15, -0.1) is 0 Å². The maximum absolute atomic E-state index is 11.4. The summed E-state index contributed by atoms with van der Waals surface area (Å²) in [6.45, 7) is 1.98. The van der Waals surface area contributed by atoms with Crippen LogP contribution in [0.25, 0.3) is 0 Å². The SMILES string of the molecule is CS(=O)(=O)N1CCC(CNc2ccc(C#N)nc2)CC1. The number of aromatic nitrogens is 1. The molecule has 1 fully saturated rings. The van der Waals surface area contributed by atoms with E-state index in [2.05, 4.69) is 10.3 Å². The fourth-order valence-electron chi connectivity index (χ4n) is 2.27. The van der Waals surface area contributed by atoms with Crippen molar-refractivity contribution < 1.29 is 8.42 Å². The molecule has 6 nitrogen and oxygen atoms in total. The zero-order valence-electron chi connectivity index (χ0n) is 11.4. The Morgan fingerprint density at radius 3 is 2.65 bits per heavy atom. The van der Waals surface area contributed by atoms with Gasteiger partial charge in [-0.05, 0) is 30.9 Å². The molecular weight excluding hydrogens is 276 g/mol. The van der Waals surface area contributed by atoms with E-state index >= 15 is 0 Å². The molecule has 0 atom stereocenters. The number of anilines is 1. The number of sulfonamides is 1. The summed E-state index contributed by atoms with van der Waals surface area (Å²) in [4.78, 5) is 3.99. The molecule has 0 radical (unpaired) electrons. The molecule has 0 aliphatic carbocycles. The largest absolute Gasteiger partial charge is 0.384 e. The fourth-order valence-corrected chi connectivity index (χ4v) is 3.15. The lowest BCUT2D eigenvalue weighted by atomic mass is 9.98. The first kappa shape index (κ1) is 14.8. The van der Waals surface area contributed by atoms with Crippen molar-refractivity contribution in [1.29, 1.82) is 5.26 Å². The van der Waals surface area contributed by atoms with Crippen molar-refractivity contribution in [2.24, 2.45) is 5.92 Å². The summed E-state index contributed by atoms with van der Waals surface area (Å²) >= 11 is 0. The minimum absolute atomic E-state index is 0.400. The third kappa shape index (κ3) is 3.92. The van der Waals surface area contributed by atoms with Gasteiger partial charge in [0.1, 0.15) is 11.8 Å². The third-order valence-corrected chi connectivity index (χ3v) is 4.82. The molecule has 0 spiro atoms. The number of piperidine rings is 1. The maximum Gasteiger partial charge on any atom is 0.211 e. The van der Waals surface area contributed by atoms with Gasteiger partial charge in [-0.1, -0.05) is 0 Å². The monoisotopic (exact) mass is 294 g/mol. The van der Waals surface area contributed by atoms with Crippen molar-refractivity contribution in [3.63, 3.8) is 0 Å². The Labute approximate surface area is 119 Å². The van der Waals surface area contributed by atoms with Crippen LogP contribution in [0.1, 0.15) is 18.5 Å².